The largest absolute Gasteiger partial charge is 0.496 e. The van der Waals surface area contributed by atoms with Crippen molar-refractivity contribution in [2.45, 2.75) is 20.4 Å². The quantitative estimate of drug-likeness (QED) is 0.816. The number of benzene rings is 1. The molecule has 22 heavy (non-hydrogen) atoms. The molecule has 2 N–H and O–H groups in total. The van der Waals surface area contributed by atoms with Crippen LogP contribution in [-0.2, 0) is 6.54 Å². The number of para-hydroxylation sites is 1. The monoisotopic (exact) mass is 320 g/mol. The zero-order valence-corrected chi connectivity index (χ0v) is 13.3. The van der Waals surface area contributed by atoms with E-state index in [4.69, 9.17) is 17.0 Å². The average Bonchev–Trinajstić information content (AvgIpc) is 2.94. The molecule has 1 amide bonds. The maximum absolute atomic E-state index is 12.3. The Morgan fingerprint density at radius 3 is 2.86 bits per heavy atom. The number of carbonyl (C=O) groups excluding carboxylic acids is 1. The lowest BCUT2D eigenvalue weighted by molar-refractivity contribution is 0.0974. The van der Waals surface area contributed by atoms with Crippen LogP contribution in [0.15, 0.2) is 18.2 Å². The second kappa shape index (κ2) is 6.94. The molecule has 0 atom stereocenters. The Hall–Kier alpha value is -2.55. The summed E-state index contributed by atoms with van der Waals surface area (Å²) in [6.45, 7) is 4.34. The van der Waals surface area contributed by atoms with E-state index in [9.17, 15) is 4.79 Å². The maximum atomic E-state index is 12.3. The number of methoxy groups -OCH3 is 1. The topological polar surface area (TPSA) is 94.0 Å². The summed E-state index contributed by atoms with van der Waals surface area (Å²) in [6, 6.07) is 5.30. The second-order valence-electron chi connectivity index (χ2n) is 4.37. The number of ether oxygens (including phenoxy) is 1. The Bertz CT molecular complexity index is 700. The van der Waals surface area contributed by atoms with E-state index in [-0.39, 0.29) is 17.0 Å². The minimum atomic E-state index is -0.374. The summed E-state index contributed by atoms with van der Waals surface area (Å²) in [7, 11) is 1.52. The fourth-order valence-electron chi connectivity index (χ4n) is 1.83. The van der Waals surface area contributed by atoms with Crippen LogP contribution in [0.3, 0.4) is 0 Å². The van der Waals surface area contributed by atoms with Crippen LogP contribution in [-0.4, -0.2) is 38.3 Å². The normalized spacial score (nSPS) is 10.1. The SMILES string of the molecule is CCn1nnc(NC(=S)NC(=O)c2cccc(C)c2OC)n1. The molecule has 0 aliphatic carbocycles. The summed E-state index contributed by atoms with van der Waals surface area (Å²) >= 11 is 5.07. The highest BCUT2D eigenvalue weighted by Crippen LogP contribution is 2.22. The Morgan fingerprint density at radius 2 is 2.23 bits per heavy atom. The van der Waals surface area contributed by atoms with Crippen molar-refractivity contribution in [3.05, 3.63) is 29.3 Å². The van der Waals surface area contributed by atoms with Gasteiger partial charge < -0.3 is 4.74 Å². The van der Waals surface area contributed by atoms with Crippen molar-refractivity contribution in [1.82, 2.24) is 25.5 Å². The predicted molar refractivity (Wildman–Crippen MR) is 84.9 cm³/mol. The summed E-state index contributed by atoms with van der Waals surface area (Å²) in [5, 5.41) is 16.9. The second-order valence-corrected chi connectivity index (χ2v) is 4.77. The van der Waals surface area contributed by atoms with E-state index >= 15 is 0 Å². The van der Waals surface area contributed by atoms with Crippen molar-refractivity contribution in [2.24, 2.45) is 0 Å². The van der Waals surface area contributed by atoms with Gasteiger partial charge in [0.2, 0.25) is 0 Å². The predicted octanol–water partition coefficient (Wildman–Crippen LogP) is 1.14. The van der Waals surface area contributed by atoms with Crippen molar-refractivity contribution in [1.29, 1.82) is 0 Å². The van der Waals surface area contributed by atoms with E-state index in [1.54, 1.807) is 12.1 Å². The van der Waals surface area contributed by atoms with Crippen LogP contribution < -0.4 is 15.4 Å². The number of thiocarbonyl (C=S) groups is 1. The lowest BCUT2D eigenvalue weighted by atomic mass is 10.1. The number of anilines is 1. The molecule has 8 nitrogen and oxygen atoms in total. The third-order valence-electron chi connectivity index (χ3n) is 2.85. The van der Waals surface area contributed by atoms with Gasteiger partial charge in [-0.05, 0) is 42.9 Å². The van der Waals surface area contributed by atoms with Gasteiger partial charge >= 0.3 is 0 Å². The number of tetrazole rings is 1. The molecule has 2 aromatic rings. The smallest absolute Gasteiger partial charge is 0.269 e. The minimum Gasteiger partial charge on any atom is -0.496 e. The van der Waals surface area contributed by atoms with Gasteiger partial charge in [0.25, 0.3) is 11.9 Å². The fraction of sp³-hybridized carbons (Fsp3) is 0.308. The van der Waals surface area contributed by atoms with Gasteiger partial charge in [0.15, 0.2) is 5.11 Å². The van der Waals surface area contributed by atoms with E-state index in [2.05, 4.69) is 26.0 Å². The van der Waals surface area contributed by atoms with Crippen molar-refractivity contribution in [3.8, 4) is 5.75 Å². The van der Waals surface area contributed by atoms with Gasteiger partial charge in [-0.25, -0.2) is 0 Å². The van der Waals surface area contributed by atoms with E-state index < -0.39 is 0 Å². The number of aryl methyl sites for hydroxylation is 2. The van der Waals surface area contributed by atoms with E-state index in [0.29, 0.717) is 17.9 Å². The van der Waals surface area contributed by atoms with Crippen LogP contribution in [0, 0.1) is 6.92 Å². The lowest BCUT2D eigenvalue weighted by Gasteiger charge is -2.11. The van der Waals surface area contributed by atoms with Crippen molar-refractivity contribution >= 4 is 29.2 Å². The number of aromatic nitrogens is 4. The molecule has 0 fully saturated rings. The number of nitrogens with zero attached hydrogens (tertiary/aromatic N) is 4. The highest BCUT2D eigenvalue weighted by Gasteiger charge is 2.15. The van der Waals surface area contributed by atoms with Crippen LogP contribution in [0.4, 0.5) is 5.95 Å². The third-order valence-corrected chi connectivity index (χ3v) is 3.05. The van der Waals surface area contributed by atoms with Gasteiger partial charge in [0.05, 0.1) is 19.2 Å². The molecule has 0 aliphatic heterocycles. The van der Waals surface area contributed by atoms with Gasteiger partial charge in [0, 0.05) is 0 Å². The zero-order chi connectivity index (χ0) is 16.1. The molecule has 2 rings (SSSR count). The molecule has 1 aromatic heterocycles. The molecular weight excluding hydrogens is 304 g/mol. The van der Waals surface area contributed by atoms with E-state index in [1.165, 1.54) is 11.9 Å². The first-order valence-electron chi connectivity index (χ1n) is 6.59. The number of amides is 1. The first kappa shape index (κ1) is 15.8. The van der Waals surface area contributed by atoms with Gasteiger partial charge in [-0.15, -0.1) is 5.10 Å². The molecule has 0 bridgehead atoms. The average molecular weight is 320 g/mol. The number of rotatable bonds is 4. The van der Waals surface area contributed by atoms with Gasteiger partial charge in [-0.2, -0.15) is 4.80 Å². The Balaban J connectivity index is 2.05. The Morgan fingerprint density at radius 1 is 1.45 bits per heavy atom. The van der Waals surface area contributed by atoms with Gasteiger partial charge in [0.1, 0.15) is 5.75 Å². The fourth-order valence-corrected chi connectivity index (χ4v) is 2.02. The van der Waals surface area contributed by atoms with Crippen LogP contribution in [0.1, 0.15) is 22.8 Å². The Kier molecular flexibility index (Phi) is 4.99. The van der Waals surface area contributed by atoms with Crippen LogP contribution >= 0.6 is 12.2 Å². The molecule has 1 heterocycles. The molecule has 0 saturated heterocycles. The zero-order valence-electron chi connectivity index (χ0n) is 12.5. The van der Waals surface area contributed by atoms with Crippen molar-refractivity contribution in [2.75, 3.05) is 12.4 Å². The molecule has 116 valence electrons. The molecule has 0 aliphatic rings. The first-order chi connectivity index (χ1) is 10.5. The maximum Gasteiger partial charge on any atom is 0.269 e. The Labute approximate surface area is 132 Å². The highest BCUT2D eigenvalue weighted by molar-refractivity contribution is 7.80. The lowest BCUT2D eigenvalue weighted by Crippen LogP contribution is -2.34. The first-order valence-corrected chi connectivity index (χ1v) is 6.99. The third kappa shape index (κ3) is 3.55. The van der Waals surface area contributed by atoms with Crippen LogP contribution in [0.2, 0.25) is 0 Å². The van der Waals surface area contributed by atoms with Crippen LogP contribution in [0.5, 0.6) is 5.75 Å². The summed E-state index contributed by atoms with van der Waals surface area (Å²) in [5.41, 5.74) is 1.26. The van der Waals surface area contributed by atoms with Gasteiger partial charge in [-0.3, -0.25) is 15.4 Å². The highest BCUT2D eigenvalue weighted by atomic mass is 32.1. The summed E-state index contributed by atoms with van der Waals surface area (Å²) in [4.78, 5) is 13.7. The summed E-state index contributed by atoms with van der Waals surface area (Å²) in [6.07, 6.45) is 0. The molecule has 0 radical (unpaired) electrons. The molecule has 9 heteroatoms. The molecule has 0 spiro atoms. The van der Waals surface area contributed by atoms with E-state index in [1.807, 2.05) is 19.9 Å². The molecule has 0 saturated carbocycles. The molecule has 0 unspecified atom stereocenters. The number of carbonyl (C=O) groups is 1. The van der Waals surface area contributed by atoms with Crippen LogP contribution in [0.25, 0.3) is 0 Å². The molecular formula is C13H16N6O2S. The number of hydrogen-bond donors (Lipinski definition) is 2. The molecule has 1 aromatic carbocycles. The summed E-state index contributed by atoms with van der Waals surface area (Å²) < 4.78 is 5.25. The van der Waals surface area contributed by atoms with Crippen molar-refractivity contribution in [3.63, 3.8) is 0 Å². The minimum absolute atomic E-state index is 0.0872. The standard InChI is InChI=1S/C13H16N6O2S/c1-4-19-17-12(16-18-19)15-13(22)14-11(20)9-7-5-6-8(2)10(9)21-3/h5-7H,4H2,1-3H3,(H2,14,15,17,20,22). The summed E-state index contributed by atoms with van der Waals surface area (Å²) in [5.74, 6) is 0.363. The number of nitrogens with one attached hydrogen (secondary N) is 2. The van der Waals surface area contributed by atoms with Gasteiger partial charge in [-0.1, -0.05) is 17.2 Å². The van der Waals surface area contributed by atoms with Crippen molar-refractivity contribution < 1.29 is 9.53 Å². The number of hydrogen-bond acceptors (Lipinski definition) is 6. The van der Waals surface area contributed by atoms with E-state index in [0.717, 1.165) is 5.56 Å².